The number of fused-ring (bicyclic) bond motifs is 1. The molecule has 0 aliphatic heterocycles. The Balaban J connectivity index is 1.74. The van der Waals surface area contributed by atoms with Crippen LogP contribution in [0.4, 0.5) is 0 Å². The van der Waals surface area contributed by atoms with Crippen LogP contribution in [0.1, 0.15) is 16.1 Å². The van der Waals surface area contributed by atoms with Gasteiger partial charge >= 0.3 is 0 Å². The lowest BCUT2D eigenvalue weighted by molar-refractivity contribution is 0.112. The van der Waals surface area contributed by atoms with Crippen molar-refractivity contribution in [1.29, 1.82) is 0 Å². The van der Waals surface area contributed by atoms with Gasteiger partial charge in [-0.15, -0.1) is 0 Å². The summed E-state index contributed by atoms with van der Waals surface area (Å²) in [5.74, 6) is 0.477. The highest BCUT2D eigenvalue weighted by Crippen LogP contribution is 2.13. The minimum Gasteiger partial charge on any atom is -0.471 e. The number of pyridine rings is 2. The van der Waals surface area contributed by atoms with Gasteiger partial charge in [0.25, 0.3) is 0 Å². The molecule has 4 heteroatoms. The zero-order valence-electron chi connectivity index (χ0n) is 10.7. The number of ether oxygens (including phenoxy) is 1. The quantitative estimate of drug-likeness (QED) is 0.680. The monoisotopic (exact) mass is 264 g/mol. The van der Waals surface area contributed by atoms with Gasteiger partial charge in [-0.25, -0.2) is 9.97 Å². The molecule has 0 atom stereocenters. The smallest absolute Gasteiger partial charge is 0.213 e. The van der Waals surface area contributed by atoms with E-state index in [2.05, 4.69) is 9.97 Å². The van der Waals surface area contributed by atoms with Gasteiger partial charge < -0.3 is 4.74 Å². The van der Waals surface area contributed by atoms with E-state index in [0.29, 0.717) is 18.1 Å². The molecule has 0 amide bonds. The lowest BCUT2D eigenvalue weighted by Gasteiger charge is -2.05. The molecule has 98 valence electrons. The van der Waals surface area contributed by atoms with Crippen LogP contribution in [-0.2, 0) is 6.61 Å². The summed E-state index contributed by atoms with van der Waals surface area (Å²) >= 11 is 0. The zero-order valence-corrected chi connectivity index (χ0v) is 10.7. The maximum Gasteiger partial charge on any atom is 0.213 e. The lowest BCUT2D eigenvalue weighted by Crippen LogP contribution is -2.00. The van der Waals surface area contributed by atoms with Crippen molar-refractivity contribution in [3.8, 4) is 5.88 Å². The number of aldehydes is 1. The maximum atomic E-state index is 10.5. The van der Waals surface area contributed by atoms with Gasteiger partial charge in [-0.2, -0.15) is 0 Å². The van der Waals surface area contributed by atoms with Gasteiger partial charge in [0.1, 0.15) is 6.61 Å². The number of carbonyl (C=O) groups excluding carboxylic acids is 1. The summed E-state index contributed by atoms with van der Waals surface area (Å²) in [7, 11) is 0. The van der Waals surface area contributed by atoms with Crippen LogP contribution >= 0.6 is 0 Å². The van der Waals surface area contributed by atoms with E-state index in [0.717, 1.165) is 22.9 Å². The van der Waals surface area contributed by atoms with Gasteiger partial charge in [-0.3, -0.25) is 4.79 Å². The van der Waals surface area contributed by atoms with Crippen LogP contribution < -0.4 is 4.74 Å². The van der Waals surface area contributed by atoms with Crippen LogP contribution in [0.3, 0.4) is 0 Å². The summed E-state index contributed by atoms with van der Waals surface area (Å²) in [5.41, 5.74) is 2.31. The summed E-state index contributed by atoms with van der Waals surface area (Å²) < 4.78 is 5.55. The number of benzene rings is 1. The first kappa shape index (κ1) is 12.3. The van der Waals surface area contributed by atoms with E-state index in [4.69, 9.17) is 4.74 Å². The average molecular weight is 264 g/mol. The number of para-hydroxylation sites is 1. The highest BCUT2D eigenvalue weighted by atomic mass is 16.5. The first-order chi connectivity index (χ1) is 9.85. The summed E-state index contributed by atoms with van der Waals surface area (Å²) in [6.45, 7) is 0.346. The van der Waals surface area contributed by atoms with E-state index in [-0.39, 0.29) is 0 Å². The molecule has 2 heterocycles. The van der Waals surface area contributed by atoms with Crippen LogP contribution in [0.15, 0.2) is 54.7 Å². The third kappa shape index (κ3) is 2.64. The molecule has 0 fully saturated rings. The van der Waals surface area contributed by atoms with Gasteiger partial charge in [-0.1, -0.05) is 24.3 Å². The first-order valence-electron chi connectivity index (χ1n) is 6.24. The summed E-state index contributed by atoms with van der Waals surface area (Å²) in [4.78, 5) is 19.1. The third-order valence-corrected chi connectivity index (χ3v) is 2.92. The van der Waals surface area contributed by atoms with Crippen molar-refractivity contribution in [2.24, 2.45) is 0 Å². The van der Waals surface area contributed by atoms with Crippen molar-refractivity contribution in [2.45, 2.75) is 6.61 Å². The fraction of sp³-hybridized carbons (Fsp3) is 0.0625. The molecule has 0 saturated carbocycles. The molecule has 0 unspecified atom stereocenters. The second kappa shape index (κ2) is 5.48. The Labute approximate surface area is 116 Å². The normalized spacial score (nSPS) is 10.4. The van der Waals surface area contributed by atoms with Crippen molar-refractivity contribution in [1.82, 2.24) is 9.97 Å². The molecule has 2 aromatic heterocycles. The van der Waals surface area contributed by atoms with Crippen LogP contribution in [0.25, 0.3) is 10.9 Å². The minimum absolute atomic E-state index is 0.346. The van der Waals surface area contributed by atoms with E-state index in [1.54, 1.807) is 12.1 Å². The molecular formula is C16H12N2O2. The lowest BCUT2D eigenvalue weighted by atomic mass is 10.2. The predicted octanol–water partition coefficient (Wildman–Crippen LogP) is 3.02. The molecule has 20 heavy (non-hydrogen) atoms. The van der Waals surface area contributed by atoms with E-state index in [1.807, 2.05) is 36.4 Å². The van der Waals surface area contributed by atoms with Gasteiger partial charge in [0, 0.05) is 23.2 Å². The number of carbonyl (C=O) groups is 1. The molecule has 0 spiro atoms. The Hall–Kier alpha value is -2.75. The Morgan fingerprint density at radius 2 is 1.95 bits per heavy atom. The minimum atomic E-state index is 0.346. The third-order valence-electron chi connectivity index (χ3n) is 2.92. The standard InChI is InChI=1S/C16H12N2O2/c19-10-12-5-8-16(17-9-12)20-11-14-7-6-13-3-1-2-4-15(13)18-14/h1-10H,11H2. The first-order valence-corrected chi connectivity index (χ1v) is 6.24. The van der Waals surface area contributed by atoms with E-state index in [9.17, 15) is 4.79 Å². The molecule has 4 nitrogen and oxygen atoms in total. The molecule has 0 aliphatic rings. The molecule has 3 aromatic rings. The van der Waals surface area contributed by atoms with Crippen LogP contribution in [0, 0.1) is 0 Å². The average Bonchev–Trinajstić information content (AvgIpc) is 2.53. The Morgan fingerprint density at radius 1 is 1.05 bits per heavy atom. The molecule has 0 bridgehead atoms. The second-order valence-electron chi connectivity index (χ2n) is 4.33. The number of hydrogen-bond acceptors (Lipinski definition) is 4. The van der Waals surface area contributed by atoms with Gasteiger partial charge in [0.2, 0.25) is 5.88 Å². The maximum absolute atomic E-state index is 10.5. The van der Waals surface area contributed by atoms with E-state index in [1.165, 1.54) is 6.20 Å². The van der Waals surface area contributed by atoms with Crippen LogP contribution in [-0.4, -0.2) is 16.3 Å². The molecular weight excluding hydrogens is 252 g/mol. The SMILES string of the molecule is O=Cc1ccc(OCc2ccc3ccccc3n2)nc1. The summed E-state index contributed by atoms with van der Waals surface area (Å²) in [6, 6.07) is 15.2. The highest BCUT2D eigenvalue weighted by Gasteiger charge is 2.01. The summed E-state index contributed by atoms with van der Waals surface area (Å²) in [6.07, 6.45) is 2.23. The van der Waals surface area contributed by atoms with Crippen molar-refractivity contribution in [3.63, 3.8) is 0 Å². The molecule has 3 rings (SSSR count). The molecule has 0 N–H and O–H groups in total. The molecule has 1 aromatic carbocycles. The van der Waals surface area contributed by atoms with E-state index < -0.39 is 0 Å². The van der Waals surface area contributed by atoms with Crippen molar-refractivity contribution in [2.75, 3.05) is 0 Å². The van der Waals surface area contributed by atoms with Gasteiger partial charge in [-0.05, 0) is 18.2 Å². The van der Waals surface area contributed by atoms with Crippen molar-refractivity contribution < 1.29 is 9.53 Å². The number of aromatic nitrogens is 2. The molecule has 0 aliphatic carbocycles. The Morgan fingerprint density at radius 3 is 2.75 bits per heavy atom. The predicted molar refractivity (Wildman–Crippen MR) is 75.7 cm³/mol. The van der Waals surface area contributed by atoms with Gasteiger partial charge in [0.15, 0.2) is 6.29 Å². The molecule has 0 radical (unpaired) electrons. The topological polar surface area (TPSA) is 52.1 Å². The fourth-order valence-electron chi connectivity index (χ4n) is 1.88. The highest BCUT2D eigenvalue weighted by molar-refractivity contribution is 5.78. The Bertz CT molecular complexity index is 739. The van der Waals surface area contributed by atoms with Gasteiger partial charge in [0.05, 0.1) is 11.2 Å². The largest absolute Gasteiger partial charge is 0.471 e. The molecule has 0 saturated heterocycles. The number of nitrogens with zero attached hydrogens (tertiary/aromatic N) is 2. The van der Waals surface area contributed by atoms with E-state index >= 15 is 0 Å². The van der Waals surface area contributed by atoms with Crippen molar-refractivity contribution >= 4 is 17.2 Å². The van der Waals surface area contributed by atoms with Crippen LogP contribution in [0.5, 0.6) is 5.88 Å². The van der Waals surface area contributed by atoms with Crippen LogP contribution in [0.2, 0.25) is 0 Å². The second-order valence-corrected chi connectivity index (χ2v) is 4.33. The number of rotatable bonds is 4. The number of hydrogen-bond donors (Lipinski definition) is 0. The Kier molecular flexibility index (Phi) is 3.37. The zero-order chi connectivity index (χ0) is 13.8. The summed E-state index contributed by atoms with van der Waals surface area (Å²) in [5, 5.41) is 1.10. The fourth-order valence-corrected chi connectivity index (χ4v) is 1.88. The van der Waals surface area contributed by atoms with Crippen molar-refractivity contribution in [3.05, 3.63) is 66.0 Å².